The van der Waals surface area contributed by atoms with E-state index in [2.05, 4.69) is 50.4 Å². The maximum absolute atomic E-state index is 14.2. The Hall–Kier alpha value is -5.52. The molecule has 0 spiro atoms. The molecule has 2 heterocycles. The molecule has 2 unspecified atom stereocenters. The van der Waals surface area contributed by atoms with E-state index in [0.717, 1.165) is 44.2 Å². The molecule has 3 aromatic carbocycles. The van der Waals surface area contributed by atoms with Crippen molar-refractivity contribution in [3.63, 3.8) is 0 Å². The molecule has 12 heteroatoms. The first-order valence-electron chi connectivity index (χ1n) is 21.8. The van der Waals surface area contributed by atoms with Gasteiger partial charge in [0.05, 0.1) is 14.2 Å². The van der Waals surface area contributed by atoms with Gasteiger partial charge in [0.2, 0.25) is 0 Å². The van der Waals surface area contributed by atoms with Crippen LogP contribution >= 0.6 is 0 Å². The van der Waals surface area contributed by atoms with Crippen LogP contribution < -0.4 is 29.6 Å². The Morgan fingerprint density at radius 1 is 0.633 bits per heavy atom. The minimum Gasteiger partial charge on any atom is -0.497 e. The summed E-state index contributed by atoms with van der Waals surface area (Å²) in [6.07, 6.45) is 12.6. The van der Waals surface area contributed by atoms with Crippen LogP contribution in [0.2, 0.25) is 0 Å². The second kappa shape index (κ2) is 22.7. The Bertz CT molecular complexity index is 1930. The van der Waals surface area contributed by atoms with Gasteiger partial charge in [0.1, 0.15) is 23.0 Å². The fourth-order valence-electron chi connectivity index (χ4n) is 6.97. The van der Waals surface area contributed by atoms with Crippen LogP contribution in [0.1, 0.15) is 130 Å². The van der Waals surface area contributed by atoms with E-state index in [0.29, 0.717) is 64.2 Å². The van der Waals surface area contributed by atoms with Gasteiger partial charge < -0.3 is 29.6 Å². The van der Waals surface area contributed by atoms with Gasteiger partial charge >= 0.3 is 0 Å². The van der Waals surface area contributed by atoms with Crippen molar-refractivity contribution in [1.29, 1.82) is 0 Å². The van der Waals surface area contributed by atoms with Crippen LogP contribution in [0.5, 0.6) is 23.0 Å². The second-order valence-electron chi connectivity index (χ2n) is 16.6. The Kier molecular flexibility index (Phi) is 17.3. The van der Waals surface area contributed by atoms with Crippen LogP contribution in [0.15, 0.2) is 72.8 Å². The zero-order valence-corrected chi connectivity index (χ0v) is 36.8. The quantitative estimate of drug-likeness (QED) is 0.0494. The van der Waals surface area contributed by atoms with Crippen molar-refractivity contribution in [3.05, 3.63) is 78.5 Å². The number of rotatable bonds is 25. The molecule has 0 radical (unpaired) electrons. The number of methoxy groups -OCH3 is 2. The van der Waals surface area contributed by atoms with E-state index in [1.807, 2.05) is 42.5 Å². The number of nitrogens with one attached hydrogen (secondary N) is 3. The van der Waals surface area contributed by atoms with E-state index >= 15 is 0 Å². The van der Waals surface area contributed by atoms with E-state index in [-0.39, 0.29) is 17.2 Å². The predicted molar refractivity (Wildman–Crippen MR) is 240 cm³/mol. The number of amides is 2. The van der Waals surface area contributed by atoms with E-state index in [4.69, 9.17) is 29.0 Å². The standard InChI is InChI=1S/C48H66N6O6/c1-8-10-12-14-16-18-20-41(59-39-26-22-37(57-6)23-27-39)46(55)49-35-30-34(45-51-44-33-43(48(3,4)5)52-54(44)53-45)31-36(32-35)50-47(56)42(21-19-17-15-13-11-9-2)60-40-28-24-38(58-7)25-29-40/h22-33,41-42,52H,8-21H2,1-7H3,(H,49,55)(H,50,56). The Labute approximate surface area is 356 Å². The number of nitrogens with zero attached hydrogens (tertiary/aromatic N) is 3. The predicted octanol–water partition coefficient (Wildman–Crippen LogP) is 11.3. The third kappa shape index (κ3) is 13.8. The molecular weight excluding hydrogens is 757 g/mol. The summed E-state index contributed by atoms with van der Waals surface area (Å²) in [6.45, 7) is 10.8. The van der Waals surface area contributed by atoms with Gasteiger partial charge in [-0.2, -0.15) is 4.63 Å². The summed E-state index contributed by atoms with van der Waals surface area (Å²) in [7, 11) is 3.23. The highest BCUT2D eigenvalue weighted by Crippen LogP contribution is 2.30. The van der Waals surface area contributed by atoms with Crippen LogP contribution in [0.4, 0.5) is 11.4 Å². The van der Waals surface area contributed by atoms with Gasteiger partial charge in [-0.15, -0.1) is 5.10 Å². The van der Waals surface area contributed by atoms with E-state index < -0.39 is 12.2 Å². The van der Waals surface area contributed by atoms with Gasteiger partial charge in [0.25, 0.3) is 11.8 Å². The minimum atomic E-state index is -0.759. The number of ether oxygens (including phenoxy) is 4. The Morgan fingerprint density at radius 3 is 1.48 bits per heavy atom. The molecular formula is C48H66N6O6. The SMILES string of the molecule is CCCCCCCCC(Oc1ccc(OC)cc1)C(=O)Nc1cc(NC(=O)C(CCCCCCCC)Oc2ccc(OC)cc2)cc(-c2nc3cc(C(C)(C)C)[nH]n3n2)c1. The molecule has 5 rings (SSSR count). The highest BCUT2D eigenvalue weighted by atomic mass is 16.5. The van der Waals surface area contributed by atoms with Crippen LogP contribution in [-0.2, 0) is 15.0 Å². The van der Waals surface area contributed by atoms with E-state index in [9.17, 15) is 9.59 Å². The normalized spacial score (nSPS) is 12.5. The number of fused-ring (bicyclic) bond motifs is 1. The molecule has 0 saturated heterocycles. The molecule has 0 bridgehead atoms. The molecule has 2 atom stereocenters. The molecule has 0 aliphatic heterocycles. The van der Waals surface area contributed by atoms with Gasteiger partial charge in [0.15, 0.2) is 23.7 Å². The lowest BCUT2D eigenvalue weighted by molar-refractivity contribution is -0.123. The van der Waals surface area contributed by atoms with Gasteiger partial charge in [-0.1, -0.05) is 98.8 Å². The van der Waals surface area contributed by atoms with Gasteiger partial charge in [0, 0.05) is 34.1 Å². The minimum absolute atomic E-state index is 0.121. The molecule has 2 amide bonds. The maximum Gasteiger partial charge on any atom is 0.265 e. The Morgan fingerprint density at radius 2 is 1.07 bits per heavy atom. The smallest absolute Gasteiger partial charge is 0.265 e. The molecule has 3 N–H and O–H groups in total. The molecule has 5 aromatic rings. The van der Waals surface area contributed by atoms with Crippen LogP contribution in [0.3, 0.4) is 0 Å². The van der Waals surface area contributed by atoms with E-state index in [1.165, 1.54) is 38.5 Å². The number of unbranched alkanes of at least 4 members (excludes halogenated alkanes) is 10. The molecule has 60 heavy (non-hydrogen) atoms. The van der Waals surface area contributed by atoms with Gasteiger partial charge in [-0.05, 0) is 92.4 Å². The van der Waals surface area contributed by atoms with Crippen molar-refractivity contribution in [2.45, 2.75) is 142 Å². The molecule has 12 nitrogen and oxygen atoms in total. The lowest BCUT2D eigenvalue weighted by Crippen LogP contribution is -2.34. The molecule has 0 fully saturated rings. The number of carbonyl (C=O) groups excluding carboxylic acids is 2. The molecule has 2 aromatic heterocycles. The summed E-state index contributed by atoms with van der Waals surface area (Å²) in [5.74, 6) is 2.40. The lowest BCUT2D eigenvalue weighted by atomic mass is 9.93. The zero-order valence-electron chi connectivity index (χ0n) is 36.8. The van der Waals surface area contributed by atoms with Crippen LogP contribution in [0, 0.1) is 0 Å². The van der Waals surface area contributed by atoms with E-state index in [1.54, 1.807) is 49.2 Å². The number of anilines is 2. The molecule has 0 saturated carbocycles. The fourth-order valence-corrected chi connectivity index (χ4v) is 6.97. The molecule has 0 aliphatic carbocycles. The summed E-state index contributed by atoms with van der Waals surface area (Å²) < 4.78 is 25.0. The Balaban J connectivity index is 1.43. The summed E-state index contributed by atoms with van der Waals surface area (Å²) in [5, 5.41) is 14.3. The second-order valence-corrected chi connectivity index (χ2v) is 16.6. The molecule has 324 valence electrons. The maximum atomic E-state index is 14.2. The van der Waals surface area contributed by atoms with Crippen LogP contribution in [-0.4, -0.2) is 58.1 Å². The van der Waals surface area contributed by atoms with Crippen molar-refractivity contribution >= 4 is 28.8 Å². The topological polar surface area (TPSA) is 141 Å². The van der Waals surface area contributed by atoms with Crippen LogP contribution in [0.25, 0.3) is 17.0 Å². The van der Waals surface area contributed by atoms with Crippen molar-refractivity contribution in [3.8, 4) is 34.4 Å². The summed E-state index contributed by atoms with van der Waals surface area (Å²) in [6, 6.07) is 21.9. The summed E-state index contributed by atoms with van der Waals surface area (Å²) in [4.78, 5) is 33.2. The van der Waals surface area contributed by atoms with Crippen molar-refractivity contribution in [1.82, 2.24) is 19.8 Å². The largest absolute Gasteiger partial charge is 0.497 e. The summed E-state index contributed by atoms with van der Waals surface area (Å²) >= 11 is 0. The zero-order chi connectivity index (χ0) is 42.9. The number of aromatic nitrogens is 4. The number of benzene rings is 3. The van der Waals surface area contributed by atoms with Crippen molar-refractivity contribution < 1.29 is 28.5 Å². The average Bonchev–Trinajstić information content (AvgIpc) is 3.84. The molecule has 0 aliphatic rings. The number of carbonyl (C=O) groups is 2. The highest BCUT2D eigenvalue weighted by molar-refractivity contribution is 5.98. The first-order chi connectivity index (χ1) is 29.0. The van der Waals surface area contributed by atoms with Gasteiger partial charge in [-0.25, -0.2) is 4.98 Å². The lowest BCUT2D eigenvalue weighted by Gasteiger charge is -2.21. The number of H-pyrrole nitrogens is 1. The summed E-state index contributed by atoms with van der Waals surface area (Å²) in [5.41, 5.74) is 3.09. The third-order valence-corrected chi connectivity index (χ3v) is 10.6. The third-order valence-electron chi connectivity index (χ3n) is 10.6. The fraction of sp³-hybridized carbons (Fsp3) is 0.500. The van der Waals surface area contributed by atoms with Crippen molar-refractivity contribution in [2.75, 3.05) is 24.9 Å². The first-order valence-corrected chi connectivity index (χ1v) is 21.8. The number of hydrogen-bond acceptors (Lipinski definition) is 8. The number of aromatic amines is 1. The monoisotopic (exact) mass is 823 g/mol. The highest BCUT2D eigenvalue weighted by Gasteiger charge is 2.25. The number of hydrogen-bond donors (Lipinski definition) is 3. The first kappa shape index (κ1) is 45.6. The average molecular weight is 823 g/mol. The van der Waals surface area contributed by atoms with Gasteiger partial charge in [-0.3, -0.25) is 14.7 Å². The van der Waals surface area contributed by atoms with Crippen molar-refractivity contribution in [2.24, 2.45) is 0 Å².